The van der Waals surface area contributed by atoms with Crippen LogP contribution in [0, 0.1) is 6.92 Å². The Labute approximate surface area is 148 Å². The van der Waals surface area contributed by atoms with Crippen LogP contribution < -0.4 is 4.72 Å². The molecule has 0 radical (unpaired) electrons. The average molecular weight is 361 g/mol. The Morgan fingerprint density at radius 2 is 1.88 bits per heavy atom. The molecule has 1 heterocycles. The van der Waals surface area contributed by atoms with Crippen LogP contribution >= 0.6 is 0 Å². The molecule has 1 aromatic heterocycles. The van der Waals surface area contributed by atoms with Gasteiger partial charge in [0.1, 0.15) is 0 Å². The summed E-state index contributed by atoms with van der Waals surface area (Å²) in [6.45, 7) is 5.58. The molecule has 0 unspecified atom stereocenters. The summed E-state index contributed by atoms with van der Waals surface area (Å²) < 4.78 is 29.0. The Morgan fingerprint density at radius 1 is 1.20 bits per heavy atom. The van der Waals surface area contributed by atoms with E-state index in [-0.39, 0.29) is 16.5 Å². The minimum absolute atomic E-state index is 0.0949. The molecule has 6 nitrogen and oxygen atoms in total. The molecular weight excluding hydrogens is 338 g/mol. The highest BCUT2D eigenvalue weighted by atomic mass is 32.2. The second-order valence-corrected chi connectivity index (χ2v) is 8.46. The molecule has 0 saturated heterocycles. The van der Waals surface area contributed by atoms with Gasteiger partial charge in [-0.2, -0.15) is 5.10 Å². The monoisotopic (exact) mass is 361 g/mol. The lowest BCUT2D eigenvalue weighted by Gasteiger charge is -2.16. The number of nitrogens with zero attached hydrogens (tertiary/aromatic N) is 2. The summed E-state index contributed by atoms with van der Waals surface area (Å²) in [6, 6.07) is 5.21. The predicted octanol–water partition coefficient (Wildman–Crippen LogP) is 2.77. The third-order valence-corrected chi connectivity index (χ3v) is 5.88. The second kappa shape index (κ2) is 6.63. The first-order chi connectivity index (χ1) is 11.8. The van der Waals surface area contributed by atoms with E-state index in [1.165, 1.54) is 5.56 Å². The number of fused-ring (bicyclic) bond motifs is 1. The Morgan fingerprint density at radius 3 is 2.52 bits per heavy atom. The third kappa shape index (κ3) is 3.61. The van der Waals surface area contributed by atoms with Gasteiger partial charge in [-0.15, -0.1) is 0 Å². The molecule has 1 amide bonds. The third-order valence-electron chi connectivity index (χ3n) is 4.55. The van der Waals surface area contributed by atoms with E-state index in [1.54, 1.807) is 29.9 Å². The molecule has 25 heavy (non-hydrogen) atoms. The van der Waals surface area contributed by atoms with Gasteiger partial charge in [-0.3, -0.25) is 9.48 Å². The Hall–Kier alpha value is -2.15. The molecule has 1 N–H and O–H groups in total. The molecule has 0 atom stereocenters. The van der Waals surface area contributed by atoms with Gasteiger partial charge in [0.15, 0.2) is 0 Å². The van der Waals surface area contributed by atoms with Crippen molar-refractivity contribution in [3.63, 3.8) is 0 Å². The largest absolute Gasteiger partial charge is 0.269 e. The van der Waals surface area contributed by atoms with Crippen molar-refractivity contribution in [2.75, 3.05) is 0 Å². The molecule has 0 aliphatic heterocycles. The number of aromatic nitrogens is 2. The van der Waals surface area contributed by atoms with Crippen LogP contribution in [0.5, 0.6) is 0 Å². The van der Waals surface area contributed by atoms with Gasteiger partial charge < -0.3 is 0 Å². The van der Waals surface area contributed by atoms with E-state index in [4.69, 9.17) is 0 Å². The van der Waals surface area contributed by atoms with Crippen molar-refractivity contribution in [3.05, 3.63) is 46.8 Å². The number of carbonyl (C=O) groups is 1. The number of hydrogen-bond donors (Lipinski definition) is 1. The molecule has 2 aromatic rings. The van der Waals surface area contributed by atoms with Crippen LogP contribution in [0.25, 0.3) is 0 Å². The highest BCUT2D eigenvalue weighted by Gasteiger charge is 2.23. The predicted molar refractivity (Wildman–Crippen MR) is 95.1 cm³/mol. The molecular formula is C18H23N3O3S. The smallest absolute Gasteiger partial charge is 0.268 e. The fraction of sp³-hybridized carbons (Fsp3) is 0.444. The van der Waals surface area contributed by atoms with Crippen LogP contribution in [-0.2, 0) is 22.9 Å². The molecule has 7 heteroatoms. The van der Waals surface area contributed by atoms with Crippen LogP contribution in [-0.4, -0.2) is 24.1 Å². The van der Waals surface area contributed by atoms with Crippen LogP contribution in [0.4, 0.5) is 0 Å². The van der Waals surface area contributed by atoms with E-state index in [9.17, 15) is 13.2 Å². The zero-order valence-electron chi connectivity index (χ0n) is 14.7. The summed E-state index contributed by atoms with van der Waals surface area (Å²) >= 11 is 0. The summed E-state index contributed by atoms with van der Waals surface area (Å²) in [6.07, 6.45) is 5.64. The number of hydrogen-bond acceptors (Lipinski definition) is 4. The van der Waals surface area contributed by atoms with Gasteiger partial charge in [-0.1, -0.05) is 6.07 Å². The number of rotatable bonds is 4. The zero-order valence-corrected chi connectivity index (χ0v) is 15.6. The van der Waals surface area contributed by atoms with Gasteiger partial charge in [0.2, 0.25) is 0 Å². The quantitative estimate of drug-likeness (QED) is 0.908. The topological polar surface area (TPSA) is 81.1 Å². The van der Waals surface area contributed by atoms with E-state index in [1.807, 2.05) is 19.9 Å². The lowest BCUT2D eigenvalue weighted by Crippen LogP contribution is -2.31. The maximum Gasteiger partial charge on any atom is 0.268 e. The lowest BCUT2D eigenvalue weighted by molar-refractivity contribution is 0.0980. The van der Waals surface area contributed by atoms with Crippen molar-refractivity contribution in [1.82, 2.24) is 14.5 Å². The second-order valence-electron chi connectivity index (χ2n) is 6.77. The summed E-state index contributed by atoms with van der Waals surface area (Å²) in [7, 11) is -3.91. The minimum Gasteiger partial charge on any atom is -0.269 e. The minimum atomic E-state index is -3.91. The molecule has 0 bridgehead atoms. The van der Waals surface area contributed by atoms with Gasteiger partial charge in [0.25, 0.3) is 15.9 Å². The molecule has 1 aromatic carbocycles. The Kier molecular flexibility index (Phi) is 4.69. The normalized spacial score (nSPS) is 14.4. The summed E-state index contributed by atoms with van der Waals surface area (Å²) in [4.78, 5) is 12.6. The average Bonchev–Trinajstić information content (AvgIpc) is 2.96. The highest BCUT2D eigenvalue weighted by molar-refractivity contribution is 7.90. The van der Waals surface area contributed by atoms with Gasteiger partial charge in [0.05, 0.1) is 16.2 Å². The Balaban J connectivity index is 1.85. The standard InChI is InChI=1S/C18H23N3O3S/c1-12(2)21-11-17(13(3)19-21)18(22)20-25(23,24)16-9-8-14-6-4-5-7-15(14)10-16/h8-12H,4-7H2,1-3H3,(H,20,22). The van der Waals surface area contributed by atoms with Crippen LogP contribution in [0.3, 0.4) is 0 Å². The summed E-state index contributed by atoms with van der Waals surface area (Å²) in [5.41, 5.74) is 3.04. The fourth-order valence-corrected chi connectivity index (χ4v) is 4.10. The van der Waals surface area contributed by atoms with Crippen molar-refractivity contribution in [2.45, 2.75) is 57.4 Å². The number of aryl methyl sites for hydroxylation is 3. The fourth-order valence-electron chi connectivity index (χ4n) is 3.08. The molecule has 1 aliphatic rings. The van der Waals surface area contributed by atoms with Crippen molar-refractivity contribution in [3.8, 4) is 0 Å². The van der Waals surface area contributed by atoms with Crippen molar-refractivity contribution < 1.29 is 13.2 Å². The Bertz CT molecular complexity index is 914. The molecule has 0 spiro atoms. The first kappa shape index (κ1) is 17.7. The number of benzene rings is 1. The molecule has 3 rings (SSSR count). The van der Waals surface area contributed by atoms with Crippen LogP contribution in [0.2, 0.25) is 0 Å². The van der Waals surface area contributed by atoms with E-state index in [0.717, 1.165) is 31.2 Å². The van der Waals surface area contributed by atoms with E-state index >= 15 is 0 Å². The van der Waals surface area contributed by atoms with Gasteiger partial charge in [-0.25, -0.2) is 13.1 Å². The molecule has 0 saturated carbocycles. The number of carbonyl (C=O) groups excluding carboxylic acids is 1. The molecule has 134 valence electrons. The van der Waals surface area contributed by atoms with Crippen LogP contribution in [0.15, 0.2) is 29.3 Å². The SMILES string of the molecule is Cc1nn(C(C)C)cc1C(=O)NS(=O)(=O)c1ccc2c(c1)CCCC2. The number of sulfonamides is 1. The highest BCUT2D eigenvalue weighted by Crippen LogP contribution is 2.24. The first-order valence-electron chi connectivity index (χ1n) is 8.52. The summed E-state index contributed by atoms with van der Waals surface area (Å²) in [5, 5.41) is 4.25. The zero-order chi connectivity index (χ0) is 18.2. The van der Waals surface area contributed by atoms with Crippen molar-refractivity contribution in [1.29, 1.82) is 0 Å². The number of nitrogens with one attached hydrogen (secondary N) is 1. The van der Waals surface area contributed by atoms with E-state index in [0.29, 0.717) is 5.69 Å². The molecule has 1 aliphatic carbocycles. The van der Waals surface area contributed by atoms with E-state index in [2.05, 4.69) is 9.82 Å². The van der Waals surface area contributed by atoms with Crippen molar-refractivity contribution in [2.24, 2.45) is 0 Å². The summed E-state index contributed by atoms with van der Waals surface area (Å²) in [5.74, 6) is -0.651. The maximum absolute atomic E-state index is 12.6. The van der Waals surface area contributed by atoms with Gasteiger partial charge in [0, 0.05) is 12.2 Å². The van der Waals surface area contributed by atoms with Crippen LogP contribution in [0.1, 0.15) is 59.9 Å². The van der Waals surface area contributed by atoms with E-state index < -0.39 is 15.9 Å². The molecule has 0 fully saturated rings. The van der Waals surface area contributed by atoms with Gasteiger partial charge >= 0.3 is 0 Å². The van der Waals surface area contributed by atoms with Gasteiger partial charge in [-0.05, 0) is 69.7 Å². The number of amides is 1. The lowest BCUT2D eigenvalue weighted by atomic mass is 9.92. The first-order valence-corrected chi connectivity index (χ1v) is 10.0. The maximum atomic E-state index is 12.6. The van der Waals surface area contributed by atoms with Crippen molar-refractivity contribution >= 4 is 15.9 Å².